The van der Waals surface area contributed by atoms with Crippen LogP contribution in [-0.2, 0) is 0 Å². The van der Waals surface area contributed by atoms with Crippen molar-refractivity contribution in [3.8, 4) is 0 Å². The lowest BCUT2D eigenvalue weighted by Crippen LogP contribution is -2.49. The van der Waals surface area contributed by atoms with Crippen LogP contribution in [0.5, 0.6) is 0 Å². The van der Waals surface area contributed by atoms with Gasteiger partial charge in [0.25, 0.3) is 0 Å². The first kappa shape index (κ1) is 24.9. The summed E-state index contributed by atoms with van der Waals surface area (Å²) in [6.45, 7) is 14.4. The lowest BCUT2D eigenvalue weighted by Gasteiger charge is -2.57. The first-order valence-electron chi connectivity index (χ1n) is 15.0. The van der Waals surface area contributed by atoms with Crippen LogP contribution in [0.2, 0.25) is 0 Å². The first-order chi connectivity index (χ1) is 15.3. The molecule has 4 saturated carbocycles. The van der Waals surface area contributed by atoms with Gasteiger partial charge in [-0.2, -0.15) is 0 Å². The molecule has 0 aromatic rings. The van der Waals surface area contributed by atoms with Crippen molar-refractivity contribution in [2.75, 3.05) is 0 Å². The fraction of sp³-hybridized carbons (Fsp3) is 0.938. The second-order valence-electron chi connectivity index (χ2n) is 13.8. The third-order valence-electron chi connectivity index (χ3n) is 11.8. The Kier molecular flexibility index (Phi) is 7.59. The highest BCUT2D eigenvalue weighted by Crippen LogP contribution is 2.66. The average molecular weight is 443 g/mol. The molecule has 0 aromatic heterocycles. The van der Waals surface area contributed by atoms with Crippen molar-refractivity contribution in [2.24, 2.45) is 45.8 Å². The zero-order valence-electron chi connectivity index (χ0n) is 22.8. The highest BCUT2D eigenvalue weighted by atomic mass is 14.6. The molecule has 5 aliphatic rings. The Balaban J connectivity index is 0.000000994. The number of fused-ring (bicyclic) bond motifs is 5. The van der Waals surface area contributed by atoms with Crippen LogP contribution >= 0.6 is 0 Å². The van der Waals surface area contributed by atoms with Crippen molar-refractivity contribution >= 4 is 0 Å². The van der Waals surface area contributed by atoms with Gasteiger partial charge in [-0.25, -0.2) is 0 Å². The first-order valence-corrected chi connectivity index (χ1v) is 15.0. The van der Waals surface area contributed by atoms with Crippen molar-refractivity contribution < 1.29 is 1.43 Å². The van der Waals surface area contributed by atoms with Gasteiger partial charge in [-0.15, -0.1) is 0 Å². The summed E-state index contributed by atoms with van der Waals surface area (Å²) in [6.07, 6.45) is 26.8. The van der Waals surface area contributed by atoms with E-state index in [0.717, 1.165) is 29.6 Å². The predicted octanol–water partition coefficient (Wildman–Crippen LogP) is 10.6. The predicted molar refractivity (Wildman–Crippen MR) is 143 cm³/mol. The van der Waals surface area contributed by atoms with E-state index < -0.39 is 0 Å². The maximum absolute atomic E-state index is 2.75. The van der Waals surface area contributed by atoms with Crippen LogP contribution in [0.4, 0.5) is 0 Å². The Labute approximate surface area is 203 Å². The summed E-state index contributed by atoms with van der Waals surface area (Å²) in [7, 11) is 0. The fourth-order valence-electron chi connectivity index (χ4n) is 9.68. The molecule has 4 fully saturated rings. The van der Waals surface area contributed by atoms with Crippen LogP contribution in [0, 0.1) is 45.8 Å². The smallest absolute Gasteiger partial charge is 0 e. The van der Waals surface area contributed by atoms with Crippen molar-refractivity contribution in [3.63, 3.8) is 0 Å². The summed E-state index contributed by atoms with van der Waals surface area (Å²) in [5, 5.41) is 0. The fourth-order valence-corrected chi connectivity index (χ4v) is 9.68. The molecule has 5 aliphatic carbocycles. The van der Waals surface area contributed by atoms with Crippen LogP contribution in [0.15, 0.2) is 11.6 Å². The molecule has 0 aliphatic heterocycles. The SMILES string of the molecule is CC.CC1(C)CCC(CCCC2CCC3C4CC=C5CCCCC5(C)C4CCC23C)CC1.[HH]. The zero-order valence-corrected chi connectivity index (χ0v) is 22.8. The topological polar surface area (TPSA) is 0 Å². The van der Waals surface area contributed by atoms with E-state index in [-0.39, 0.29) is 1.43 Å². The van der Waals surface area contributed by atoms with E-state index in [1.165, 1.54) is 70.6 Å². The van der Waals surface area contributed by atoms with E-state index >= 15 is 0 Å². The summed E-state index contributed by atoms with van der Waals surface area (Å²) < 4.78 is 0. The molecule has 5 rings (SSSR count). The molecule has 0 aromatic carbocycles. The second-order valence-corrected chi connectivity index (χ2v) is 13.8. The van der Waals surface area contributed by atoms with Crippen molar-refractivity contribution in [1.82, 2.24) is 0 Å². The lowest BCUT2D eigenvalue weighted by atomic mass is 9.47. The normalized spacial score (nSPS) is 43.2. The van der Waals surface area contributed by atoms with E-state index in [0.29, 0.717) is 16.2 Å². The van der Waals surface area contributed by atoms with E-state index in [9.17, 15) is 0 Å². The molecule has 0 bridgehead atoms. The summed E-state index contributed by atoms with van der Waals surface area (Å²) >= 11 is 0. The standard InChI is InChI=1S/C30H50.C2H6.H2/c1-28(2)19-15-22(16-20-28)8-7-10-24-12-14-26-25-13-11-23-9-5-6-18-29(23,3)27(25)17-21-30(24,26)4;1-2;/h11,22,24-27H,5-10,12-21H2,1-4H3;1-2H3;1H. The van der Waals surface area contributed by atoms with Gasteiger partial charge in [0.2, 0.25) is 0 Å². The Bertz CT molecular complexity index is 651. The monoisotopic (exact) mass is 442 g/mol. The summed E-state index contributed by atoms with van der Waals surface area (Å²) in [5.74, 6) is 5.15. The van der Waals surface area contributed by atoms with Gasteiger partial charge in [-0.05, 0) is 129 Å². The molecule has 32 heavy (non-hydrogen) atoms. The molecule has 0 saturated heterocycles. The molecule has 0 heterocycles. The third kappa shape index (κ3) is 4.52. The summed E-state index contributed by atoms with van der Waals surface area (Å²) in [5.41, 5.74) is 3.76. The van der Waals surface area contributed by atoms with Crippen molar-refractivity contribution in [2.45, 2.75) is 144 Å². The molecule has 0 heteroatoms. The third-order valence-corrected chi connectivity index (χ3v) is 11.8. The largest absolute Gasteiger partial charge is 0.0845 e. The minimum Gasteiger partial charge on any atom is -0.0845 e. The molecular formula is C32H58. The Hall–Kier alpha value is -0.260. The van der Waals surface area contributed by atoms with Gasteiger partial charge in [-0.3, -0.25) is 0 Å². The van der Waals surface area contributed by atoms with Gasteiger partial charge < -0.3 is 0 Å². The van der Waals surface area contributed by atoms with E-state index in [4.69, 9.17) is 0 Å². The molecule has 0 amide bonds. The molecule has 6 unspecified atom stereocenters. The molecule has 0 radical (unpaired) electrons. The van der Waals surface area contributed by atoms with Crippen LogP contribution in [0.3, 0.4) is 0 Å². The molecule has 0 nitrogen and oxygen atoms in total. The van der Waals surface area contributed by atoms with Gasteiger partial charge >= 0.3 is 0 Å². The summed E-state index contributed by atoms with van der Waals surface area (Å²) in [6, 6.07) is 0. The number of hydrogen-bond donors (Lipinski definition) is 0. The van der Waals surface area contributed by atoms with Crippen molar-refractivity contribution in [1.29, 1.82) is 0 Å². The van der Waals surface area contributed by atoms with Crippen molar-refractivity contribution in [3.05, 3.63) is 11.6 Å². The van der Waals surface area contributed by atoms with Gasteiger partial charge in [0.15, 0.2) is 0 Å². The minimum atomic E-state index is 0. The molecular weight excluding hydrogens is 384 g/mol. The Morgan fingerprint density at radius 2 is 1.56 bits per heavy atom. The van der Waals surface area contributed by atoms with Crippen LogP contribution in [0.25, 0.3) is 0 Å². The minimum absolute atomic E-state index is 0. The molecule has 0 spiro atoms. The lowest BCUT2D eigenvalue weighted by molar-refractivity contribution is -0.0427. The Morgan fingerprint density at radius 3 is 2.31 bits per heavy atom. The Morgan fingerprint density at radius 1 is 0.812 bits per heavy atom. The maximum Gasteiger partial charge on any atom is 0 e. The van der Waals surface area contributed by atoms with Gasteiger partial charge in [0, 0.05) is 1.43 Å². The highest BCUT2D eigenvalue weighted by molar-refractivity contribution is 5.24. The van der Waals surface area contributed by atoms with E-state index in [1.807, 2.05) is 19.4 Å². The quantitative estimate of drug-likeness (QED) is 0.380. The number of rotatable bonds is 4. The molecule has 0 N–H and O–H groups in total. The van der Waals surface area contributed by atoms with Crippen LogP contribution < -0.4 is 0 Å². The molecule has 6 atom stereocenters. The van der Waals surface area contributed by atoms with Crippen LogP contribution in [-0.4, -0.2) is 0 Å². The van der Waals surface area contributed by atoms with Gasteiger partial charge in [0.1, 0.15) is 0 Å². The zero-order chi connectivity index (χ0) is 23.0. The average Bonchev–Trinajstić information content (AvgIpc) is 3.12. The molecule has 186 valence electrons. The van der Waals surface area contributed by atoms with E-state index in [1.54, 1.807) is 32.1 Å². The number of allylic oxidation sites excluding steroid dienone is 2. The van der Waals surface area contributed by atoms with Gasteiger partial charge in [0.05, 0.1) is 0 Å². The highest BCUT2D eigenvalue weighted by Gasteiger charge is 2.57. The summed E-state index contributed by atoms with van der Waals surface area (Å²) in [4.78, 5) is 0. The van der Waals surface area contributed by atoms with Crippen LogP contribution in [0.1, 0.15) is 146 Å². The number of hydrogen-bond acceptors (Lipinski definition) is 0. The second kappa shape index (κ2) is 9.77. The van der Waals surface area contributed by atoms with E-state index in [2.05, 4.69) is 33.8 Å². The van der Waals surface area contributed by atoms with Gasteiger partial charge in [-0.1, -0.05) is 72.5 Å². The maximum atomic E-state index is 2.75.